The molecule has 0 rings (SSSR count). The van der Waals surface area contributed by atoms with Crippen molar-refractivity contribution in [1.82, 2.24) is 5.32 Å². The Balaban J connectivity index is 3.10. The minimum atomic E-state index is 0.155. The first-order chi connectivity index (χ1) is 3.66. The van der Waals surface area contributed by atoms with Crippen LogP contribution in [0.15, 0.2) is 0 Å². The Morgan fingerprint density at radius 2 is 2.12 bits per heavy atom. The van der Waals surface area contributed by atoms with Crippen molar-refractivity contribution in [3.8, 4) is 0 Å². The van der Waals surface area contributed by atoms with Crippen LogP contribution in [-0.4, -0.2) is 23.1 Å². The van der Waals surface area contributed by atoms with Crippen molar-refractivity contribution < 1.29 is 5.11 Å². The lowest BCUT2D eigenvalue weighted by Crippen LogP contribution is -2.33. The molecule has 3 heteroatoms. The summed E-state index contributed by atoms with van der Waals surface area (Å²) in [5.41, 5.74) is 0. The standard InChI is InChI=1S/C5H13NOS/c1-4(3-7)6-5(2)8/h4-8H,3H2,1-2H3. The lowest BCUT2D eigenvalue weighted by Gasteiger charge is -2.12. The third-order valence-electron chi connectivity index (χ3n) is 0.800. The largest absolute Gasteiger partial charge is 0.395 e. The zero-order valence-electron chi connectivity index (χ0n) is 5.26. The Labute approximate surface area is 55.7 Å². The smallest absolute Gasteiger partial charge is 0.0582 e. The molecule has 0 spiro atoms. The molecule has 0 aliphatic rings. The molecule has 0 aliphatic heterocycles. The zero-order chi connectivity index (χ0) is 6.57. The van der Waals surface area contributed by atoms with Crippen LogP contribution in [0.3, 0.4) is 0 Å². The van der Waals surface area contributed by atoms with Gasteiger partial charge in [-0.25, -0.2) is 0 Å². The van der Waals surface area contributed by atoms with Gasteiger partial charge in [-0.2, -0.15) is 12.6 Å². The van der Waals surface area contributed by atoms with Gasteiger partial charge in [-0.3, -0.25) is 0 Å². The van der Waals surface area contributed by atoms with Gasteiger partial charge in [0.2, 0.25) is 0 Å². The van der Waals surface area contributed by atoms with Gasteiger partial charge >= 0.3 is 0 Å². The fraction of sp³-hybridized carbons (Fsp3) is 1.00. The molecule has 50 valence electrons. The summed E-state index contributed by atoms with van der Waals surface area (Å²) < 4.78 is 0. The normalized spacial score (nSPS) is 18.0. The molecule has 0 saturated heterocycles. The number of aliphatic hydroxyl groups excluding tert-OH is 1. The molecular formula is C5H13NOS. The summed E-state index contributed by atoms with van der Waals surface area (Å²) in [6, 6.07) is 0.155. The van der Waals surface area contributed by atoms with Crippen LogP contribution in [0, 0.1) is 0 Å². The van der Waals surface area contributed by atoms with Gasteiger partial charge in [-0.15, -0.1) is 0 Å². The Bertz CT molecular complexity index is 58.4. The summed E-state index contributed by atoms with van der Waals surface area (Å²) in [6.07, 6.45) is 0. The quantitative estimate of drug-likeness (QED) is 0.382. The monoisotopic (exact) mass is 135 g/mol. The highest BCUT2D eigenvalue weighted by Gasteiger charge is 1.99. The lowest BCUT2D eigenvalue weighted by atomic mass is 10.4. The minimum Gasteiger partial charge on any atom is -0.395 e. The molecule has 0 aromatic rings. The maximum absolute atomic E-state index is 8.49. The van der Waals surface area contributed by atoms with Gasteiger partial charge in [0.1, 0.15) is 0 Å². The lowest BCUT2D eigenvalue weighted by molar-refractivity contribution is 0.251. The van der Waals surface area contributed by atoms with Crippen LogP contribution in [-0.2, 0) is 0 Å². The Morgan fingerprint density at radius 3 is 2.25 bits per heavy atom. The fourth-order valence-electron chi connectivity index (χ4n) is 0.464. The number of thiol groups is 1. The number of nitrogens with one attached hydrogen (secondary N) is 1. The third kappa shape index (κ3) is 4.43. The van der Waals surface area contributed by atoms with Crippen LogP contribution in [0.1, 0.15) is 13.8 Å². The second-order valence-electron chi connectivity index (χ2n) is 1.93. The summed E-state index contributed by atoms with van der Waals surface area (Å²) in [4.78, 5) is 0. The molecule has 0 fully saturated rings. The predicted molar refractivity (Wildman–Crippen MR) is 38.1 cm³/mol. The summed E-state index contributed by atoms with van der Waals surface area (Å²) in [5.74, 6) is 0. The average molecular weight is 135 g/mol. The first-order valence-electron chi connectivity index (χ1n) is 2.71. The molecule has 2 nitrogen and oxygen atoms in total. The summed E-state index contributed by atoms with van der Waals surface area (Å²) >= 11 is 4.07. The molecule has 2 atom stereocenters. The number of rotatable bonds is 3. The van der Waals surface area contributed by atoms with Crippen LogP contribution in [0.5, 0.6) is 0 Å². The van der Waals surface area contributed by atoms with E-state index in [9.17, 15) is 0 Å². The molecule has 0 saturated carbocycles. The summed E-state index contributed by atoms with van der Waals surface area (Å²) in [5, 5.41) is 11.7. The van der Waals surface area contributed by atoms with E-state index in [2.05, 4.69) is 17.9 Å². The summed E-state index contributed by atoms with van der Waals surface area (Å²) in [6.45, 7) is 4.01. The first-order valence-corrected chi connectivity index (χ1v) is 3.23. The molecule has 0 heterocycles. The van der Waals surface area contributed by atoms with Gasteiger partial charge in [0.15, 0.2) is 0 Å². The molecule has 2 unspecified atom stereocenters. The fourth-order valence-corrected chi connectivity index (χ4v) is 0.719. The molecular weight excluding hydrogens is 122 g/mol. The van der Waals surface area contributed by atoms with Crippen molar-refractivity contribution in [2.45, 2.75) is 25.3 Å². The van der Waals surface area contributed by atoms with E-state index in [-0.39, 0.29) is 18.0 Å². The second kappa shape index (κ2) is 4.18. The van der Waals surface area contributed by atoms with Crippen molar-refractivity contribution >= 4 is 12.6 Å². The number of aliphatic hydroxyl groups is 1. The highest BCUT2D eigenvalue weighted by Crippen LogP contribution is 1.88. The van der Waals surface area contributed by atoms with Gasteiger partial charge in [-0.1, -0.05) is 0 Å². The molecule has 0 bridgehead atoms. The van der Waals surface area contributed by atoms with E-state index in [0.717, 1.165) is 0 Å². The Hall–Kier alpha value is 0.270. The van der Waals surface area contributed by atoms with Crippen LogP contribution in [0.4, 0.5) is 0 Å². The summed E-state index contributed by atoms with van der Waals surface area (Å²) in [7, 11) is 0. The highest BCUT2D eigenvalue weighted by molar-refractivity contribution is 7.80. The van der Waals surface area contributed by atoms with Crippen LogP contribution in [0.25, 0.3) is 0 Å². The van der Waals surface area contributed by atoms with Crippen molar-refractivity contribution in [3.05, 3.63) is 0 Å². The van der Waals surface area contributed by atoms with Crippen LogP contribution in [0.2, 0.25) is 0 Å². The van der Waals surface area contributed by atoms with Crippen LogP contribution >= 0.6 is 12.6 Å². The maximum Gasteiger partial charge on any atom is 0.0582 e. The minimum absolute atomic E-state index is 0.155. The van der Waals surface area contributed by atoms with Crippen LogP contribution < -0.4 is 5.32 Å². The number of hydrogen-bond acceptors (Lipinski definition) is 3. The van der Waals surface area contributed by atoms with Gasteiger partial charge in [0.05, 0.1) is 6.61 Å². The van der Waals surface area contributed by atoms with E-state index >= 15 is 0 Å². The van der Waals surface area contributed by atoms with Gasteiger partial charge in [-0.05, 0) is 13.8 Å². The van der Waals surface area contributed by atoms with E-state index in [1.165, 1.54) is 0 Å². The van der Waals surface area contributed by atoms with Crippen molar-refractivity contribution in [1.29, 1.82) is 0 Å². The highest BCUT2D eigenvalue weighted by atomic mass is 32.1. The first kappa shape index (κ1) is 8.27. The van der Waals surface area contributed by atoms with E-state index in [0.29, 0.717) is 0 Å². The molecule has 2 N–H and O–H groups in total. The van der Waals surface area contributed by atoms with Crippen molar-refractivity contribution in [3.63, 3.8) is 0 Å². The SMILES string of the molecule is CC(S)NC(C)CO. The Morgan fingerprint density at radius 1 is 1.62 bits per heavy atom. The maximum atomic E-state index is 8.49. The number of hydrogen-bond donors (Lipinski definition) is 3. The molecule has 0 amide bonds. The molecule has 0 aromatic carbocycles. The Kier molecular flexibility index (Phi) is 4.32. The second-order valence-corrected chi connectivity index (χ2v) is 2.70. The van der Waals surface area contributed by atoms with Gasteiger partial charge in [0, 0.05) is 11.4 Å². The predicted octanol–water partition coefficient (Wildman–Crippen LogP) is 0.233. The third-order valence-corrected chi connectivity index (χ3v) is 0.949. The van der Waals surface area contributed by atoms with Crippen molar-refractivity contribution in [2.75, 3.05) is 6.61 Å². The molecule has 0 aliphatic carbocycles. The van der Waals surface area contributed by atoms with Gasteiger partial charge < -0.3 is 10.4 Å². The van der Waals surface area contributed by atoms with E-state index in [1.807, 2.05) is 13.8 Å². The zero-order valence-corrected chi connectivity index (χ0v) is 6.15. The van der Waals surface area contributed by atoms with Gasteiger partial charge in [0.25, 0.3) is 0 Å². The topological polar surface area (TPSA) is 32.3 Å². The average Bonchev–Trinajstić information content (AvgIpc) is 1.65. The molecule has 8 heavy (non-hydrogen) atoms. The molecule has 0 radical (unpaired) electrons. The van der Waals surface area contributed by atoms with E-state index in [4.69, 9.17) is 5.11 Å². The van der Waals surface area contributed by atoms with Crippen molar-refractivity contribution in [2.24, 2.45) is 0 Å². The van der Waals surface area contributed by atoms with E-state index in [1.54, 1.807) is 0 Å². The van der Waals surface area contributed by atoms with E-state index < -0.39 is 0 Å². The molecule has 0 aromatic heterocycles.